The van der Waals surface area contributed by atoms with Crippen LogP contribution in [0.25, 0.3) is 22.2 Å². The van der Waals surface area contributed by atoms with E-state index in [0.29, 0.717) is 28.1 Å². The molecule has 1 unspecified atom stereocenters. The van der Waals surface area contributed by atoms with Crippen LogP contribution in [0.4, 0.5) is 13.2 Å². The molecule has 0 radical (unpaired) electrons. The number of amides is 1. The van der Waals surface area contributed by atoms with E-state index in [4.69, 9.17) is 24.9 Å². The molecule has 188 valence electrons. The second kappa shape index (κ2) is 8.87. The number of carboxylic acid groups (broad SMARTS) is 1. The van der Waals surface area contributed by atoms with Gasteiger partial charge < -0.3 is 25.1 Å². The summed E-state index contributed by atoms with van der Waals surface area (Å²) >= 11 is 0. The first kappa shape index (κ1) is 24.5. The first-order valence-corrected chi connectivity index (χ1v) is 10.3. The van der Waals surface area contributed by atoms with Gasteiger partial charge in [-0.1, -0.05) is 11.2 Å². The van der Waals surface area contributed by atoms with Crippen LogP contribution in [0.3, 0.4) is 0 Å². The highest BCUT2D eigenvalue weighted by atomic mass is 19.4. The van der Waals surface area contributed by atoms with Crippen LogP contribution in [-0.2, 0) is 4.79 Å². The second-order valence-corrected chi connectivity index (χ2v) is 7.77. The number of aromatic amines is 1. The van der Waals surface area contributed by atoms with Crippen LogP contribution in [0.2, 0.25) is 0 Å². The average molecular weight is 505 g/mol. The molecule has 0 saturated heterocycles. The quantitative estimate of drug-likeness (QED) is 0.382. The molecule has 0 spiro atoms. The first-order valence-electron chi connectivity index (χ1n) is 10.3. The van der Waals surface area contributed by atoms with Crippen LogP contribution in [0.1, 0.15) is 33.5 Å². The Kier molecular flexibility index (Phi) is 6.04. The molecule has 0 saturated carbocycles. The number of rotatable bonds is 3. The number of H-pyrrole nitrogens is 1. The number of pyridine rings is 1. The van der Waals surface area contributed by atoms with E-state index >= 15 is 0 Å². The summed E-state index contributed by atoms with van der Waals surface area (Å²) in [7, 11) is 0. The van der Waals surface area contributed by atoms with Crippen LogP contribution in [0.5, 0.6) is 5.75 Å². The van der Waals surface area contributed by atoms with Crippen molar-refractivity contribution in [3.05, 3.63) is 63.7 Å². The number of nitrogens with zero attached hydrogens (tertiary/aromatic N) is 3. The highest BCUT2D eigenvalue weighted by Crippen LogP contribution is 2.43. The van der Waals surface area contributed by atoms with Gasteiger partial charge in [-0.05, 0) is 32.0 Å². The molecule has 0 fully saturated rings. The Morgan fingerprint density at radius 2 is 1.94 bits per heavy atom. The van der Waals surface area contributed by atoms with Crippen LogP contribution in [-0.4, -0.2) is 49.5 Å². The maximum absolute atomic E-state index is 12.8. The summed E-state index contributed by atoms with van der Waals surface area (Å²) in [5.41, 5.74) is 9.46. The number of aliphatic carboxylic acids is 1. The standard InChI is InChI=1S/C20H17N5O4.C2HF3O2/c1-9-15(10(2)29-24-9)12-5-6-13-17-18(12)28-8-14(25(17)20(27)23-13)11-4-3-7-22-16(11)19(21)26;3-2(4,5)1(6)7/h3-7,14H,8H2,1-2H3,(H2,21,26)(H,23,27);(H,6,7). The van der Waals surface area contributed by atoms with Crippen LogP contribution < -0.4 is 16.2 Å². The lowest BCUT2D eigenvalue weighted by molar-refractivity contribution is -0.192. The lowest BCUT2D eigenvalue weighted by atomic mass is 9.99. The molecule has 36 heavy (non-hydrogen) atoms. The predicted octanol–water partition coefficient (Wildman–Crippen LogP) is 2.71. The second-order valence-electron chi connectivity index (χ2n) is 7.77. The van der Waals surface area contributed by atoms with Crippen molar-refractivity contribution in [2.75, 3.05) is 6.61 Å². The summed E-state index contributed by atoms with van der Waals surface area (Å²) in [6.45, 7) is 3.83. The molecule has 1 aliphatic heterocycles. The van der Waals surface area contributed by atoms with E-state index < -0.39 is 24.1 Å². The van der Waals surface area contributed by atoms with E-state index in [1.54, 1.807) is 16.7 Å². The van der Waals surface area contributed by atoms with Crippen molar-refractivity contribution in [1.82, 2.24) is 19.7 Å². The Morgan fingerprint density at radius 1 is 1.25 bits per heavy atom. The number of alkyl halides is 3. The van der Waals surface area contributed by atoms with Gasteiger partial charge in [-0.2, -0.15) is 13.2 Å². The number of nitrogens with one attached hydrogen (secondary N) is 1. The average Bonchev–Trinajstić information content (AvgIpc) is 3.33. The molecule has 1 aliphatic rings. The minimum atomic E-state index is -5.08. The number of imidazole rings is 1. The van der Waals surface area contributed by atoms with Crippen molar-refractivity contribution < 1.29 is 37.1 Å². The summed E-state index contributed by atoms with van der Waals surface area (Å²) in [5, 5.41) is 11.1. The smallest absolute Gasteiger partial charge is 0.488 e. The molecule has 3 aromatic heterocycles. The summed E-state index contributed by atoms with van der Waals surface area (Å²) in [4.78, 5) is 40.6. The maximum atomic E-state index is 12.8. The van der Waals surface area contributed by atoms with Gasteiger partial charge in [0.05, 0.1) is 16.8 Å². The normalized spacial score (nSPS) is 14.6. The molecule has 1 amide bonds. The summed E-state index contributed by atoms with van der Waals surface area (Å²) in [6, 6.07) is 6.59. The van der Waals surface area contributed by atoms with Gasteiger partial charge in [0, 0.05) is 17.3 Å². The summed E-state index contributed by atoms with van der Waals surface area (Å²) in [6.07, 6.45) is -3.59. The molecule has 4 heterocycles. The van der Waals surface area contributed by atoms with E-state index in [2.05, 4.69) is 15.1 Å². The highest BCUT2D eigenvalue weighted by molar-refractivity contribution is 5.94. The summed E-state index contributed by atoms with van der Waals surface area (Å²) in [5.74, 6) is -2.18. The minimum Gasteiger partial charge on any atom is -0.488 e. The topological polar surface area (TPSA) is 166 Å². The fourth-order valence-corrected chi connectivity index (χ4v) is 4.05. The molecule has 11 nitrogen and oxygen atoms in total. The third kappa shape index (κ3) is 4.16. The Labute approximate surface area is 199 Å². The molecule has 4 N–H and O–H groups in total. The molecular formula is C22H18F3N5O6. The van der Waals surface area contributed by atoms with Crippen molar-refractivity contribution in [2.24, 2.45) is 5.73 Å². The minimum absolute atomic E-state index is 0.118. The lowest BCUT2D eigenvalue weighted by Gasteiger charge is -2.27. The Bertz CT molecular complexity index is 1530. The van der Waals surface area contributed by atoms with Gasteiger partial charge >= 0.3 is 17.8 Å². The van der Waals surface area contributed by atoms with Crippen LogP contribution in [0.15, 0.2) is 39.8 Å². The predicted molar refractivity (Wildman–Crippen MR) is 118 cm³/mol. The van der Waals surface area contributed by atoms with E-state index in [1.165, 1.54) is 6.20 Å². The van der Waals surface area contributed by atoms with Crippen molar-refractivity contribution >= 4 is 22.9 Å². The number of primary amides is 1. The van der Waals surface area contributed by atoms with Gasteiger partial charge in [0.2, 0.25) is 0 Å². The third-order valence-electron chi connectivity index (χ3n) is 5.51. The fraction of sp³-hybridized carbons (Fsp3) is 0.227. The van der Waals surface area contributed by atoms with Gasteiger partial charge in [-0.25, -0.2) is 9.59 Å². The molecule has 4 aromatic rings. The number of carbonyl (C=O) groups is 2. The van der Waals surface area contributed by atoms with Gasteiger partial charge in [0.25, 0.3) is 5.91 Å². The Balaban J connectivity index is 0.000000384. The van der Waals surface area contributed by atoms with Crippen molar-refractivity contribution in [3.63, 3.8) is 0 Å². The van der Waals surface area contributed by atoms with E-state index in [9.17, 15) is 22.8 Å². The van der Waals surface area contributed by atoms with E-state index in [1.807, 2.05) is 26.0 Å². The van der Waals surface area contributed by atoms with E-state index in [0.717, 1.165) is 16.8 Å². The number of aryl methyl sites for hydroxylation is 2. The Morgan fingerprint density at radius 3 is 2.53 bits per heavy atom. The van der Waals surface area contributed by atoms with Crippen molar-refractivity contribution in [2.45, 2.75) is 26.1 Å². The lowest BCUT2D eigenvalue weighted by Crippen LogP contribution is -2.32. The van der Waals surface area contributed by atoms with Crippen molar-refractivity contribution in [3.8, 4) is 16.9 Å². The number of halogens is 3. The number of nitrogens with two attached hydrogens (primary N) is 1. The van der Waals surface area contributed by atoms with Gasteiger partial charge in [0.15, 0.2) is 5.75 Å². The first-order chi connectivity index (χ1) is 16.9. The molecule has 0 aliphatic carbocycles. The molecule has 1 aromatic carbocycles. The summed E-state index contributed by atoms with van der Waals surface area (Å²) < 4.78 is 44.8. The molecule has 14 heteroatoms. The number of hydrogen-bond donors (Lipinski definition) is 3. The van der Waals surface area contributed by atoms with E-state index in [-0.39, 0.29) is 18.0 Å². The zero-order valence-electron chi connectivity index (χ0n) is 18.7. The molecule has 0 bridgehead atoms. The maximum Gasteiger partial charge on any atom is 0.490 e. The number of carbonyl (C=O) groups excluding carboxylic acids is 1. The zero-order valence-corrected chi connectivity index (χ0v) is 18.7. The van der Waals surface area contributed by atoms with Crippen molar-refractivity contribution in [1.29, 1.82) is 0 Å². The van der Waals surface area contributed by atoms with Crippen LogP contribution in [0, 0.1) is 13.8 Å². The number of carboxylic acids is 1. The highest BCUT2D eigenvalue weighted by Gasteiger charge is 2.38. The Hall–Kier alpha value is -4.62. The fourth-order valence-electron chi connectivity index (χ4n) is 4.05. The van der Waals surface area contributed by atoms with Gasteiger partial charge in [0.1, 0.15) is 29.6 Å². The number of aromatic nitrogens is 4. The zero-order chi connectivity index (χ0) is 26.4. The molecule has 5 rings (SSSR count). The van der Waals surface area contributed by atoms with Crippen LogP contribution >= 0.6 is 0 Å². The number of hydrogen-bond acceptors (Lipinski definition) is 7. The van der Waals surface area contributed by atoms with Gasteiger partial charge in [-0.3, -0.25) is 14.3 Å². The third-order valence-corrected chi connectivity index (χ3v) is 5.51. The SMILES string of the molecule is Cc1noc(C)c1-c1ccc2[nH]c(=O)n3c2c1OCC3c1cccnc1C(N)=O.O=C(O)C(F)(F)F. The van der Waals surface area contributed by atoms with Gasteiger partial charge in [-0.15, -0.1) is 0 Å². The monoisotopic (exact) mass is 505 g/mol. The molecular weight excluding hydrogens is 487 g/mol. The number of benzene rings is 1. The number of ether oxygens (including phenoxy) is 1. The molecule has 1 atom stereocenters. The largest absolute Gasteiger partial charge is 0.490 e.